The van der Waals surface area contributed by atoms with E-state index in [1.165, 1.54) is 25.3 Å². The topological polar surface area (TPSA) is 99.2 Å². The van der Waals surface area contributed by atoms with Crippen LogP contribution in [0.2, 0.25) is 0 Å². The van der Waals surface area contributed by atoms with Gasteiger partial charge >= 0.3 is 0 Å². The van der Waals surface area contributed by atoms with Crippen molar-refractivity contribution in [1.82, 2.24) is 15.2 Å². The molecule has 220 valence electrons. The fourth-order valence-electron chi connectivity index (χ4n) is 5.47. The summed E-state index contributed by atoms with van der Waals surface area (Å²) in [5.74, 6) is 0.950. The van der Waals surface area contributed by atoms with Crippen LogP contribution in [0.1, 0.15) is 49.9 Å². The fraction of sp³-hybridized carbons (Fsp3) is 0.242. The molecular formula is C33H30FN3O6. The SMILES string of the molecule is COc1cc(C(=O)N2CCc3cc4ccc3C2c2ccc(OC)c(c2)OCCCNC(=O)c2cc(ccc2F)O4)ccn1. The molecule has 1 N–H and O–H groups in total. The quantitative estimate of drug-likeness (QED) is 0.348. The van der Waals surface area contributed by atoms with Gasteiger partial charge in [-0.15, -0.1) is 0 Å². The Morgan fingerprint density at radius 1 is 1.02 bits per heavy atom. The standard InChI is InChI=1S/C33H30FN3O6/c1-40-28-9-4-21-17-29(28)42-15-3-12-36-32(38)26-19-24(6-8-27(26)34)43-23-5-7-25-20(16-23)11-14-37(31(21)25)33(39)22-10-13-35-30(18-22)41-2/h4-10,13,16-19,31H,3,11-12,14-15H2,1-2H3,(H,36,38). The van der Waals surface area contributed by atoms with Gasteiger partial charge in [0, 0.05) is 30.9 Å². The minimum Gasteiger partial charge on any atom is -0.493 e. The average Bonchev–Trinajstić information content (AvgIpc) is 3.04. The van der Waals surface area contributed by atoms with E-state index in [0.29, 0.717) is 53.8 Å². The molecule has 4 heterocycles. The predicted octanol–water partition coefficient (Wildman–Crippen LogP) is 5.33. The van der Waals surface area contributed by atoms with Gasteiger partial charge in [-0.05, 0) is 78.1 Å². The number of hydrogen-bond acceptors (Lipinski definition) is 7. The van der Waals surface area contributed by atoms with Crippen LogP contribution in [-0.4, -0.2) is 55.6 Å². The summed E-state index contributed by atoms with van der Waals surface area (Å²) >= 11 is 0. The third-order valence-corrected chi connectivity index (χ3v) is 7.58. The Balaban J connectivity index is 1.46. The summed E-state index contributed by atoms with van der Waals surface area (Å²) in [6, 6.07) is 18.3. The smallest absolute Gasteiger partial charge is 0.254 e. The molecular weight excluding hydrogens is 553 g/mol. The highest BCUT2D eigenvalue weighted by Crippen LogP contribution is 2.41. The van der Waals surface area contributed by atoms with Gasteiger partial charge in [0.15, 0.2) is 11.5 Å². The van der Waals surface area contributed by atoms with Crippen LogP contribution in [0.4, 0.5) is 4.39 Å². The second kappa shape index (κ2) is 12.0. The molecule has 1 unspecified atom stereocenters. The minimum absolute atomic E-state index is 0.103. The van der Waals surface area contributed by atoms with Crippen LogP contribution in [0.25, 0.3) is 0 Å². The van der Waals surface area contributed by atoms with Crippen LogP contribution in [0.3, 0.4) is 0 Å². The third kappa shape index (κ3) is 5.68. The first-order valence-electron chi connectivity index (χ1n) is 14.0. The molecule has 2 amide bonds. The first-order chi connectivity index (χ1) is 20.9. The lowest BCUT2D eigenvalue weighted by Crippen LogP contribution is -2.40. The van der Waals surface area contributed by atoms with E-state index in [2.05, 4.69) is 10.3 Å². The molecule has 7 rings (SSSR count). The number of fused-ring (bicyclic) bond motifs is 6. The lowest BCUT2D eigenvalue weighted by molar-refractivity contribution is 0.0693. The molecule has 9 nitrogen and oxygen atoms in total. The van der Waals surface area contributed by atoms with E-state index in [1.54, 1.807) is 25.4 Å². The molecule has 10 heteroatoms. The number of benzene rings is 3. The number of nitrogens with zero attached hydrogens (tertiary/aromatic N) is 2. The molecule has 0 radical (unpaired) electrons. The first-order valence-corrected chi connectivity index (χ1v) is 14.0. The maximum Gasteiger partial charge on any atom is 0.254 e. The molecule has 43 heavy (non-hydrogen) atoms. The van der Waals surface area contributed by atoms with Crippen LogP contribution in [0.5, 0.6) is 28.9 Å². The fourth-order valence-corrected chi connectivity index (χ4v) is 5.47. The van der Waals surface area contributed by atoms with Gasteiger partial charge in [0.1, 0.15) is 17.3 Å². The zero-order valence-corrected chi connectivity index (χ0v) is 23.8. The van der Waals surface area contributed by atoms with E-state index in [0.717, 1.165) is 16.7 Å². The Bertz CT molecular complexity index is 1690. The lowest BCUT2D eigenvalue weighted by atomic mass is 9.87. The summed E-state index contributed by atoms with van der Waals surface area (Å²) in [6.07, 6.45) is 2.60. The van der Waals surface area contributed by atoms with Crippen molar-refractivity contribution in [1.29, 1.82) is 0 Å². The zero-order valence-electron chi connectivity index (χ0n) is 23.8. The largest absolute Gasteiger partial charge is 0.493 e. The van der Waals surface area contributed by atoms with E-state index in [-0.39, 0.29) is 24.6 Å². The van der Waals surface area contributed by atoms with E-state index in [1.807, 2.05) is 41.3 Å². The molecule has 0 saturated heterocycles. The van der Waals surface area contributed by atoms with Crippen LogP contribution in [-0.2, 0) is 6.42 Å². The van der Waals surface area contributed by atoms with Gasteiger partial charge in [0.05, 0.1) is 32.4 Å². The van der Waals surface area contributed by atoms with Crippen molar-refractivity contribution in [3.8, 4) is 28.9 Å². The molecule has 0 fully saturated rings. The molecule has 4 aromatic rings. The molecule has 3 aliphatic rings. The number of nitrogens with one attached hydrogen (secondary N) is 1. The van der Waals surface area contributed by atoms with Gasteiger partial charge < -0.3 is 29.2 Å². The zero-order chi connectivity index (χ0) is 29.9. The Labute approximate surface area is 248 Å². The van der Waals surface area contributed by atoms with Crippen LogP contribution in [0.15, 0.2) is 72.9 Å². The number of hydrogen-bond donors (Lipinski definition) is 1. The number of carbonyl (C=O) groups is 2. The van der Waals surface area contributed by atoms with Crippen molar-refractivity contribution in [2.75, 3.05) is 33.9 Å². The molecule has 3 aliphatic heterocycles. The summed E-state index contributed by atoms with van der Waals surface area (Å²) in [5.41, 5.74) is 3.14. The summed E-state index contributed by atoms with van der Waals surface area (Å²) in [7, 11) is 3.08. The molecule has 1 atom stereocenters. The van der Waals surface area contributed by atoms with Gasteiger partial charge in [-0.3, -0.25) is 9.59 Å². The third-order valence-electron chi connectivity index (χ3n) is 7.58. The molecule has 0 saturated carbocycles. The highest BCUT2D eigenvalue weighted by atomic mass is 19.1. The van der Waals surface area contributed by atoms with Crippen molar-refractivity contribution in [2.24, 2.45) is 0 Å². The molecule has 8 bridgehead atoms. The van der Waals surface area contributed by atoms with Crippen LogP contribution < -0.4 is 24.3 Å². The molecule has 3 aromatic carbocycles. The summed E-state index contributed by atoms with van der Waals surface area (Å²) in [6.45, 7) is 0.985. The van der Waals surface area contributed by atoms with E-state index in [9.17, 15) is 14.0 Å². The number of carbonyl (C=O) groups excluding carboxylic acids is 2. The van der Waals surface area contributed by atoms with Crippen molar-refractivity contribution >= 4 is 11.8 Å². The van der Waals surface area contributed by atoms with E-state index >= 15 is 0 Å². The highest BCUT2D eigenvalue weighted by Gasteiger charge is 2.34. The first kappa shape index (κ1) is 28.0. The number of aromatic nitrogens is 1. The average molecular weight is 584 g/mol. The van der Waals surface area contributed by atoms with Gasteiger partial charge in [-0.2, -0.15) is 0 Å². The van der Waals surface area contributed by atoms with Gasteiger partial charge in [-0.1, -0.05) is 12.1 Å². The second-order valence-electron chi connectivity index (χ2n) is 10.2. The maximum atomic E-state index is 14.5. The number of pyridine rings is 1. The minimum atomic E-state index is -0.637. The monoisotopic (exact) mass is 583 g/mol. The van der Waals surface area contributed by atoms with Crippen molar-refractivity contribution in [2.45, 2.75) is 18.9 Å². The number of ether oxygens (including phenoxy) is 4. The van der Waals surface area contributed by atoms with Crippen LogP contribution in [0, 0.1) is 5.82 Å². The number of halogens is 1. The molecule has 0 spiro atoms. The van der Waals surface area contributed by atoms with Crippen molar-refractivity contribution in [3.05, 3.63) is 107 Å². The Hall–Kier alpha value is -5.12. The Kier molecular flexibility index (Phi) is 7.83. The highest BCUT2D eigenvalue weighted by molar-refractivity contribution is 5.95. The van der Waals surface area contributed by atoms with Crippen LogP contribution >= 0.6 is 0 Å². The summed E-state index contributed by atoms with van der Waals surface area (Å²) in [4.78, 5) is 32.7. The maximum absolute atomic E-state index is 14.5. The Morgan fingerprint density at radius 2 is 1.86 bits per heavy atom. The number of rotatable bonds is 3. The lowest BCUT2D eigenvalue weighted by Gasteiger charge is -2.38. The molecule has 1 aromatic heterocycles. The Morgan fingerprint density at radius 3 is 2.70 bits per heavy atom. The summed E-state index contributed by atoms with van der Waals surface area (Å²) in [5, 5.41) is 2.74. The van der Waals surface area contributed by atoms with E-state index in [4.69, 9.17) is 18.9 Å². The number of amides is 2. The van der Waals surface area contributed by atoms with Gasteiger partial charge in [-0.25, -0.2) is 9.37 Å². The number of methoxy groups -OCH3 is 2. The van der Waals surface area contributed by atoms with Gasteiger partial charge in [0.2, 0.25) is 5.88 Å². The normalized spacial score (nSPS) is 16.2. The second-order valence-corrected chi connectivity index (χ2v) is 10.2. The van der Waals surface area contributed by atoms with Crippen molar-refractivity contribution in [3.63, 3.8) is 0 Å². The van der Waals surface area contributed by atoms with Gasteiger partial charge in [0.25, 0.3) is 11.8 Å². The van der Waals surface area contributed by atoms with E-state index < -0.39 is 17.8 Å². The predicted molar refractivity (Wildman–Crippen MR) is 156 cm³/mol. The summed E-state index contributed by atoms with van der Waals surface area (Å²) < 4.78 is 37.5. The van der Waals surface area contributed by atoms with Crippen molar-refractivity contribution < 1.29 is 32.9 Å². The molecule has 0 aliphatic carbocycles.